The molecule has 4 aromatic rings. The van der Waals surface area contributed by atoms with Crippen molar-refractivity contribution in [1.29, 1.82) is 0 Å². The molecule has 0 atom stereocenters. The van der Waals surface area contributed by atoms with Crippen LogP contribution in [0.1, 0.15) is 15.9 Å². The van der Waals surface area contributed by atoms with E-state index in [1.165, 1.54) is 0 Å². The Hall–Kier alpha value is -4.50. The summed E-state index contributed by atoms with van der Waals surface area (Å²) in [5.74, 6) is 0.644. The Labute approximate surface area is 248 Å². The van der Waals surface area contributed by atoms with Gasteiger partial charge in [-0.1, -0.05) is 64.5 Å². The van der Waals surface area contributed by atoms with E-state index in [2.05, 4.69) is 47.7 Å². The molecule has 0 radical (unpaired) electrons. The van der Waals surface area contributed by atoms with Gasteiger partial charge in [-0.15, -0.1) is 0 Å². The fraction of sp³-hybridized carbons (Fsp3) is 0.188. The van der Waals surface area contributed by atoms with Gasteiger partial charge in [0.25, 0.3) is 5.91 Å². The van der Waals surface area contributed by atoms with Crippen LogP contribution < -0.4 is 30.5 Å². The number of nitrogens with one attached hydrogen (secondary N) is 3. The van der Waals surface area contributed by atoms with Gasteiger partial charge in [-0.05, 0) is 54.1 Å². The number of ether oxygens (including phenoxy) is 1. The normalized spacial score (nSPS) is 12.9. The average molecular weight is 615 g/mol. The van der Waals surface area contributed by atoms with Gasteiger partial charge < -0.3 is 30.5 Å². The number of rotatable bonds is 8. The number of benzene rings is 4. The third kappa shape index (κ3) is 7.18. The Bertz CT molecular complexity index is 1510. The molecule has 0 aromatic heterocycles. The van der Waals surface area contributed by atoms with Gasteiger partial charge in [0, 0.05) is 54.3 Å². The van der Waals surface area contributed by atoms with Crippen molar-refractivity contribution in [2.24, 2.45) is 0 Å². The summed E-state index contributed by atoms with van der Waals surface area (Å²) in [7, 11) is 1.68. The summed E-state index contributed by atoms with van der Waals surface area (Å²) >= 11 is 3.42. The second-order valence-electron chi connectivity index (χ2n) is 9.64. The highest BCUT2D eigenvalue weighted by molar-refractivity contribution is 9.10. The lowest BCUT2D eigenvalue weighted by Gasteiger charge is -2.38. The van der Waals surface area contributed by atoms with Crippen molar-refractivity contribution in [2.75, 3.05) is 53.7 Å². The first kappa shape index (κ1) is 28.0. The molecule has 1 saturated heterocycles. The number of amides is 3. The van der Waals surface area contributed by atoms with Crippen LogP contribution in [-0.2, 0) is 6.54 Å². The van der Waals surface area contributed by atoms with E-state index in [4.69, 9.17) is 4.74 Å². The lowest BCUT2D eigenvalue weighted by atomic mass is 10.1. The number of anilines is 4. The molecular formula is C32H32BrN5O3. The van der Waals surface area contributed by atoms with Gasteiger partial charge in [-0.25, -0.2) is 4.79 Å². The number of urea groups is 1. The van der Waals surface area contributed by atoms with Gasteiger partial charge >= 0.3 is 6.03 Å². The Kier molecular flexibility index (Phi) is 9.05. The van der Waals surface area contributed by atoms with Gasteiger partial charge in [0.05, 0.1) is 18.4 Å². The van der Waals surface area contributed by atoms with Gasteiger partial charge in [0.2, 0.25) is 0 Å². The van der Waals surface area contributed by atoms with Crippen LogP contribution in [0.15, 0.2) is 102 Å². The topological polar surface area (TPSA) is 85.9 Å². The van der Waals surface area contributed by atoms with Crippen LogP contribution in [-0.4, -0.2) is 45.2 Å². The molecule has 0 spiro atoms. The minimum Gasteiger partial charge on any atom is -0.495 e. The van der Waals surface area contributed by atoms with Gasteiger partial charge in [0.15, 0.2) is 0 Å². The van der Waals surface area contributed by atoms with E-state index in [1.807, 2.05) is 78.9 Å². The molecule has 1 aliphatic rings. The highest BCUT2D eigenvalue weighted by atomic mass is 79.9. The molecule has 1 aliphatic heterocycles. The van der Waals surface area contributed by atoms with E-state index >= 15 is 0 Å². The second kappa shape index (κ2) is 13.2. The number of hydrogen-bond donors (Lipinski definition) is 3. The number of methoxy groups -OCH3 is 1. The van der Waals surface area contributed by atoms with Crippen LogP contribution in [0.2, 0.25) is 0 Å². The summed E-state index contributed by atoms with van der Waals surface area (Å²) in [6.45, 7) is 3.42. The van der Waals surface area contributed by atoms with Crippen molar-refractivity contribution in [3.63, 3.8) is 0 Å². The first-order valence-electron chi connectivity index (χ1n) is 13.4. The summed E-state index contributed by atoms with van der Waals surface area (Å²) in [6.07, 6.45) is 0. The molecule has 1 fully saturated rings. The zero-order valence-electron chi connectivity index (χ0n) is 22.8. The lowest BCUT2D eigenvalue weighted by Crippen LogP contribution is -2.47. The van der Waals surface area contributed by atoms with E-state index in [0.29, 0.717) is 23.5 Å². The van der Waals surface area contributed by atoms with E-state index < -0.39 is 6.03 Å². The molecule has 0 bridgehead atoms. The summed E-state index contributed by atoms with van der Waals surface area (Å²) < 4.78 is 6.43. The maximum atomic E-state index is 13.5. The molecule has 0 aliphatic carbocycles. The molecule has 3 amide bonds. The van der Waals surface area contributed by atoms with Gasteiger partial charge in [0.1, 0.15) is 5.75 Å². The van der Waals surface area contributed by atoms with Crippen LogP contribution in [0.4, 0.5) is 27.5 Å². The van der Waals surface area contributed by atoms with E-state index in [0.717, 1.165) is 53.3 Å². The second-order valence-corrected chi connectivity index (χ2v) is 10.6. The predicted molar refractivity (Wildman–Crippen MR) is 168 cm³/mol. The first-order chi connectivity index (χ1) is 20.0. The molecular weight excluding hydrogens is 582 g/mol. The minimum atomic E-state index is -0.392. The van der Waals surface area contributed by atoms with Gasteiger partial charge in [-0.2, -0.15) is 0 Å². The monoisotopic (exact) mass is 613 g/mol. The fourth-order valence-corrected chi connectivity index (χ4v) is 5.28. The highest BCUT2D eigenvalue weighted by Crippen LogP contribution is 2.31. The number of piperazine rings is 1. The van der Waals surface area contributed by atoms with Gasteiger partial charge in [-0.3, -0.25) is 4.79 Å². The molecule has 210 valence electrons. The van der Waals surface area contributed by atoms with Crippen molar-refractivity contribution in [2.45, 2.75) is 6.54 Å². The van der Waals surface area contributed by atoms with Crippen LogP contribution in [0.5, 0.6) is 5.75 Å². The first-order valence-corrected chi connectivity index (χ1v) is 14.2. The maximum absolute atomic E-state index is 13.5. The van der Waals surface area contributed by atoms with Crippen molar-refractivity contribution in [3.05, 3.63) is 113 Å². The van der Waals surface area contributed by atoms with E-state index in [-0.39, 0.29) is 5.91 Å². The molecule has 41 heavy (non-hydrogen) atoms. The molecule has 1 heterocycles. The summed E-state index contributed by atoms with van der Waals surface area (Å²) in [5.41, 5.74) is 4.59. The van der Waals surface area contributed by atoms with Crippen molar-refractivity contribution >= 4 is 50.6 Å². The van der Waals surface area contributed by atoms with Crippen molar-refractivity contribution < 1.29 is 14.3 Å². The number of halogens is 1. The van der Waals surface area contributed by atoms with Crippen molar-refractivity contribution in [3.8, 4) is 5.75 Å². The zero-order valence-corrected chi connectivity index (χ0v) is 24.4. The largest absolute Gasteiger partial charge is 0.495 e. The number of nitrogens with zero attached hydrogens (tertiary/aromatic N) is 2. The zero-order chi connectivity index (χ0) is 28.6. The predicted octanol–water partition coefficient (Wildman–Crippen LogP) is 6.36. The molecule has 5 rings (SSSR count). The molecule has 4 aromatic carbocycles. The molecule has 0 saturated carbocycles. The summed E-state index contributed by atoms with van der Waals surface area (Å²) in [6, 6.07) is 30.2. The van der Waals surface area contributed by atoms with Crippen molar-refractivity contribution in [1.82, 2.24) is 5.32 Å². The summed E-state index contributed by atoms with van der Waals surface area (Å²) in [5, 5.41) is 8.74. The van der Waals surface area contributed by atoms with Crippen LogP contribution in [0.3, 0.4) is 0 Å². The standard InChI is InChI=1S/C32H32BrN5O3/c1-41-30-13-6-5-12-29(30)38-18-16-37(17-19-38)28-15-14-26(36-32(40)35-25-11-7-10-24(33)20-25)21-27(28)31(39)34-22-23-8-3-2-4-9-23/h2-15,20-21H,16-19,22H2,1H3,(H,34,39)(H2,35,36,40). The highest BCUT2D eigenvalue weighted by Gasteiger charge is 2.24. The minimum absolute atomic E-state index is 0.202. The quantitative estimate of drug-likeness (QED) is 0.215. The third-order valence-electron chi connectivity index (χ3n) is 6.92. The Morgan fingerprint density at radius 2 is 1.41 bits per heavy atom. The number of hydrogen-bond acceptors (Lipinski definition) is 5. The Morgan fingerprint density at radius 1 is 0.756 bits per heavy atom. The number of carbonyl (C=O) groups excluding carboxylic acids is 2. The molecule has 9 heteroatoms. The van der Waals surface area contributed by atoms with E-state index in [1.54, 1.807) is 19.2 Å². The summed E-state index contributed by atoms with van der Waals surface area (Å²) in [4.78, 5) is 30.8. The van der Waals surface area contributed by atoms with E-state index in [9.17, 15) is 9.59 Å². The fourth-order valence-electron chi connectivity index (χ4n) is 4.88. The Balaban J connectivity index is 1.34. The maximum Gasteiger partial charge on any atom is 0.323 e. The number of para-hydroxylation sites is 2. The van der Waals surface area contributed by atoms with Crippen LogP contribution in [0.25, 0.3) is 0 Å². The molecule has 8 nitrogen and oxygen atoms in total. The third-order valence-corrected chi connectivity index (χ3v) is 7.42. The van der Waals surface area contributed by atoms with Crippen LogP contribution in [0, 0.1) is 0 Å². The SMILES string of the molecule is COc1ccccc1N1CCN(c2ccc(NC(=O)Nc3cccc(Br)c3)cc2C(=O)NCc2ccccc2)CC1. The Morgan fingerprint density at radius 3 is 2.12 bits per heavy atom. The van der Waals surface area contributed by atoms with Crippen LogP contribution >= 0.6 is 15.9 Å². The molecule has 0 unspecified atom stereocenters. The molecule has 3 N–H and O–H groups in total. The number of carbonyl (C=O) groups is 2. The smallest absolute Gasteiger partial charge is 0.323 e. The lowest BCUT2D eigenvalue weighted by molar-refractivity contribution is 0.0951. The average Bonchev–Trinajstić information content (AvgIpc) is 3.00.